The molecule has 0 aliphatic heterocycles. The summed E-state index contributed by atoms with van der Waals surface area (Å²) in [5.74, 6) is -0.296. The van der Waals surface area contributed by atoms with Crippen molar-refractivity contribution in [2.75, 3.05) is 33.0 Å². The average molecular weight is 395 g/mol. The van der Waals surface area contributed by atoms with Gasteiger partial charge in [-0.15, -0.1) is 0 Å². The minimum atomic E-state index is -0.465. The molecule has 0 spiro atoms. The zero-order valence-electron chi connectivity index (χ0n) is 17.8. The van der Waals surface area contributed by atoms with E-state index in [1.807, 2.05) is 26.0 Å². The van der Waals surface area contributed by atoms with Crippen LogP contribution in [0, 0.1) is 13.8 Å². The summed E-state index contributed by atoms with van der Waals surface area (Å²) in [5, 5.41) is 3.32. The minimum absolute atomic E-state index is 0.0680. The fourth-order valence-electron chi connectivity index (χ4n) is 2.49. The van der Waals surface area contributed by atoms with Crippen molar-refractivity contribution in [3.63, 3.8) is 0 Å². The van der Waals surface area contributed by atoms with Gasteiger partial charge in [0.05, 0.1) is 19.8 Å². The highest BCUT2D eigenvalue weighted by Gasteiger charge is 2.12. The fraction of sp³-hybridized carbons (Fsp3) is 0.619. The molecular weight excluding hydrogens is 362 g/mol. The summed E-state index contributed by atoms with van der Waals surface area (Å²) in [5.41, 5.74) is 2.51. The molecule has 0 heterocycles. The van der Waals surface area contributed by atoms with Crippen LogP contribution in [0.5, 0.6) is 5.75 Å². The lowest BCUT2D eigenvalue weighted by Gasteiger charge is -2.20. The second-order valence-corrected chi connectivity index (χ2v) is 7.65. The molecule has 0 radical (unpaired) electrons. The molecule has 1 aromatic carbocycles. The van der Waals surface area contributed by atoms with Gasteiger partial charge in [-0.1, -0.05) is 0 Å². The number of carbonyl (C=O) groups is 2. The minimum Gasteiger partial charge on any atom is -0.461 e. The Balaban J connectivity index is 2.30. The van der Waals surface area contributed by atoms with E-state index < -0.39 is 5.97 Å². The van der Waals surface area contributed by atoms with Crippen molar-refractivity contribution in [2.24, 2.45) is 0 Å². The first-order valence-corrected chi connectivity index (χ1v) is 9.43. The summed E-state index contributed by atoms with van der Waals surface area (Å²) in [7, 11) is 0. The Morgan fingerprint density at radius 1 is 1.00 bits per heavy atom. The number of ether oxygens (including phenoxy) is 4. The maximum Gasteiger partial charge on any atom is 0.337 e. The lowest BCUT2D eigenvalue weighted by atomic mass is 10.1. The second kappa shape index (κ2) is 11.8. The molecule has 7 heteroatoms. The number of esters is 2. The molecule has 0 unspecified atom stereocenters. The molecule has 1 aromatic rings. The molecule has 158 valence electrons. The molecule has 0 aliphatic carbocycles. The van der Waals surface area contributed by atoms with Crippen LogP contribution in [-0.2, 0) is 30.4 Å². The van der Waals surface area contributed by atoms with Gasteiger partial charge in [0, 0.05) is 19.0 Å². The van der Waals surface area contributed by atoms with E-state index in [2.05, 4.69) is 26.1 Å². The summed E-state index contributed by atoms with van der Waals surface area (Å²) < 4.78 is 21.2. The predicted molar refractivity (Wildman–Crippen MR) is 106 cm³/mol. The molecule has 0 atom stereocenters. The quantitative estimate of drug-likeness (QED) is 0.350. The molecule has 7 nitrogen and oxygen atoms in total. The number of nitrogens with one attached hydrogen (secondary N) is 1. The van der Waals surface area contributed by atoms with Crippen molar-refractivity contribution < 1.29 is 28.5 Å². The molecule has 0 bridgehead atoms. The van der Waals surface area contributed by atoms with Crippen LogP contribution in [0.2, 0.25) is 0 Å². The van der Waals surface area contributed by atoms with Crippen LogP contribution >= 0.6 is 0 Å². The summed E-state index contributed by atoms with van der Waals surface area (Å²) in [4.78, 5) is 22.9. The standard InChI is InChI=1S/C21H33NO6/c1-15-11-18(13-27-17(3)23)12-16(2)20(15)28-19(24)14-26-10-9-25-8-7-22-21(4,5)6/h11-12,22H,7-10,13-14H2,1-6H3. The monoisotopic (exact) mass is 395 g/mol. The second-order valence-electron chi connectivity index (χ2n) is 7.65. The third kappa shape index (κ3) is 10.4. The Bertz CT molecular complexity index is 628. The molecule has 0 fully saturated rings. The van der Waals surface area contributed by atoms with Gasteiger partial charge in [0.25, 0.3) is 0 Å². The molecule has 1 N–H and O–H groups in total. The first-order valence-electron chi connectivity index (χ1n) is 9.43. The zero-order valence-corrected chi connectivity index (χ0v) is 17.8. The van der Waals surface area contributed by atoms with Gasteiger partial charge in [-0.3, -0.25) is 4.79 Å². The van der Waals surface area contributed by atoms with E-state index in [1.165, 1.54) is 6.92 Å². The van der Waals surface area contributed by atoms with Gasteiger partial charge in [0.2, 0.25) is 0 Å². The van der Waals surface area contributed by atoms with E-state index in [9.17, 15) is 9.59 Å². The Morgan fingerprint density at radius 3 is 2.18 bits per heavy atom. The van der Waals surface area contributed by atoms with Crippen LogP contribution in [-0.4, -0.2) is 50.4 Å². The third-order valence-electron chi connectivity index (χ3n) is 3.67. The zero-order chi connectivity index (χ0) is 21.2. The molecular formula is C21H33NO6. The Kier molecular flexibility index (Phi) is 10.1. The van der Waals surface area contributed by atoms with E-state index in [0.29, 0.717) is 25.6 Å². The van der Waals surface area contributed by atoms with Crippen molar-refractivity contribution in [3.8, 4) is 5.75 Å². The fourth-order valence-corrected chi connectivity index (χ4v) is 2.49. The average Bonchev–Trinajstić information content (AvgIpc) is 2.57. The predicted octanol–water partition coefficient (Wildman–Crippen LogP) is 2.69. The Labute approximate surface area is 167 Å². The number of aryl methyl sites for hydroxylation is 2. The van der Waals surface area contributed by atoms with Crippen LogP contribution in [0.1, 0.15) is 44.4 Å². The van der Waals surface area contributed by atoms with Gasteiger partial charge in [-0.2, -0.15) is 0 Å². The molecule has 1 rings (SSSR count). The summed E-state index contributed by atoms with van der Waals surface area (Å²) in [6, 6.07) is 3.66. The summed E-state index contributed by atoms with van der Waals surface area (Å²) in [6.45, 7) is 13.5. The van der Waals surface area contributed by atoms with Crippen molar-refractivity contribution in [3.05, 3.63) is 28.8 Å². The van der Waals surface area contributed by atoms with Crippen molar-refractivity contribution in [2.45, 2.75) is 53.7 Å². The lowest BCUT2D eigenvalue weighted by Crippen LogP contribution is -2.38. The van der Waals surface area contributed by atoms with Gasteiger partial charge in [0.15, 0.2) is 0 Å². The number of rotatable bonds is 11. The van der Waals surface area contributed by atoms with Gasteiger partial charge in [-0.05, 0) is 63.4 Å². The van der Waals surface area contributed by atoms with E-state index in [0.717, 1.165) is 23.2 Å². The van der Waals surface area contributed by atoms with Crippen molar-refractivity contribution in [1.29, 1.82) is 0 Å². The SMILES string of the molecule is CC(=O)OCc1cc(C)c(OC(=O)COCCOCCNC(C)(C)C)c(C)c1. The Morgan fingerprint density at radius 2 is 1.61 bits per heavy atom. The molecule has 28 heavy (non-hydrogen) atoms. The van der Waals surface area contributed by atoms with E-state index in [1.54, 1.807) is 0 Å². The van der Waals surface area contributed by atoms with Crippen LogP contribution in [0.4, 0.5) is 0 Å². The van der Waals surface area contributed by atoms with Gasteiger partial charge in [-0.25, -0.2) is 4.79 Å². The van der Waals surface area contributed by atoms with Crippen LogP contribution < -0.4 is 10.1 Å². The van der Waals surface area contributed by atoms with E-state index >= 15 is 0 Å². The van der Waals surface area contributed by atoms with Crippen LogP contribution in [0.25, 0.3) is 0 Å². The first kappa shape index (κ1) is 24.1. The van der Waals surface area contributed by atoms with Crippen LogP contribution in [0.3, 0.4) is 0 Å². The molecule has 0 saturated carbocycles. The largest absolute Gasteiger partial charge is 0.461 e. The number of carbonyl (C=O) groups excluding carboxylic acids is 2. The molecule has 0 aliphatic rings. The van der Waals surface area contributed by atoms with Crippen molar-refractivity contribution in [1.82, 2.24) is 5.32 Å². The normalized spacial score (nSPS) is 11.4. The van der Waals surface area contributed by atoms with E-state index in [-0.39, 0.29) is 24.7 Å². The van der Waals surface area contributed by atoms with E-state index in [4.69, 9.17) is 18.9 Å². The molecule has 0 aromatic heterocycles. The maximum atomic E-state index is 12.0. The maximum absolute atomic E-state index is 12.0. The number of hydrogen-bond acceptors (Lipinski definition) is 7. The smallest absolute Gasteiger partial charge is 0.337 e. The summed E-state index contributed by atoms with van der Waals surface area (Å²) >= 11 is 0. The topological polar surface area (TPSA) is 83.1 Å². The highest BCUT2D eigenvalue weighted by atomic mass is 16.6. The van der Waals surface area contributed by atoms with Gasteiger partial charge in [0.1, 0.15) is 19.0 Å². The highest BCUT2D eigenvalue weighted by Crippen LogP contribution is 2.25. The van der Waals surface area contributed by atoms with Gasteiger partial charge < -0.3 is 24.3 Å². The molecule has 0 amide bonds. The third-order valence-corrected chi connectivity index (χ3v) is 3.67. The first-order chi connectivity index (χ1) is 13.1. The highest BCUT2D eigenvalue weighted by molar-refractivity contribution is 5.74. The summed E-state index contributed by atoms with van der Waals surface area (Å²) in [6.07, 6.45) is 0. The van der Waals surface area contributed by atoms with Crippen molar-refractivity contribution >= 4 is 11.9 Å². The Hall–Kier alpha value is -1.96. The van der Waals surface area contributed by atoms with Crippen LogP contribution in [0.15, 0.2) is 12.1 Å². The number of benzene rings is 1. The number of hydrogen-bond donors (Lipinski definition) is 1. The lowest BCUT2D eigenvalue weighted by molar-refractivity contribution is -0.142. The van der Waals surface area contributed by atoms with Gasteiger partial charge >= 0.3 is 11.9 Å². The molecule has 0 saturated heterocycles.